The Hall–Kier alpha value is -3.41. The van der Waals surface area contributed by atoms with Crippen molar-refractivity contribution in [2.45, 2.75) is 32.6 Å². The summed E-state index contributed by atoms with van der Waals surface area (Å²) < 4.78 is 5.19. The highest BCUT2D eigenvalue weighted by atomic mass is 16.5. The predicted molar refractivity (Wildman–Crippen MR) is 119 cm³/mol. The molecule has 4 rings (SSSR count). The fourth-order valence-corrected chi connectivity index (χ4v) is 3.95. The number of aromatic nitrogens is 2. The van der Waals surface area contributed by atoms with Gasteiger partial charge in [0.15, 0.2) is 0 Å². The number of fused-ring (bicyclic) bond motifs is 1. The topological polar surface area (TPSA) is 75.6 Å². The second-order valence-electron chi connectivity index (χ2n) is 7.72. The van der Waals surface area contributed by atoms with Crippen molar-refractivity contribution in [3.8, 4) is 22.8 Å². The Balaban J connectivity index is 1.55. The minimum absolute atomic E-state index is 0.118. The van der Waals surface area contributed by atoms with Crippen molar-refractivity contribution in [3.05, 3.63) is 71.2 Å². The molecule has 6 nitrogen and oxygen atoms in total. The Morgan fingerprint density at radius 2 is 1.74 bits per heavy atom. The highest BCUT2D eigenvalue weighted by Crippen LogP contribution is 2.28. The van der Waals surface area contributed by atoms with Gasteiger partial charge >= 0.3 is 0 Å². The highest BCUT2D eigenvalue weighted by Gasteiger charge is 2.23. The van der Waals surface area contributed by atoms with Crippen LogP contribution < -0.4 is 4.74 Å². The summed E-state index contributed by atoms with van der Waals surface area (Å²) >= 11 is 0. The smallest absolute Gasteiger partial charge is 0.227 e. The Morgan fingerprint density at radius 3 is 2.42 bits per heavy atom. The molecule has 0 spiro atoms. The first-order chi connectivity index (χ1) is 15.1. The van der Waals surface area contributed by atoms with E-state index in [0.29, 0.717) is 32.4 Å². The number of nitrogens with zero attached hydrogens (tertiary/aromatic N) is 3. The summed E-state index contributed by atoms with van der Waals surface area (Å²) in [5.74, 6) is 1.94. The SMILES string of the molecule is CCc1nc2c(c(-c3ccc(O)cc3)n1)CCN(C(=O)Cc1ccc(OC)cc1)CC2. The molecule has 0 unspecified atom stereocenters. The molecule has 0 atom stereocenters. The van der Waals surface area contributed by atoms with Gasteiger partial charge in [0.1, 0.15) is 17.3 Å². The molecule has 0 aliphatic carbocycles. The van der Waals surface area contributed by atoms with Gasteiger partial charge in [-0.2, -0.15) is 0 Å². The van der Waals surface area contributed by atoms with Crippen molar-refractivity contribution in [1.29, 1.82) is 0 Å². The van der Waals surface area contributed by atoms with Crippen molar-refractivity contribution < 1.29 is 14.6 Å². The average Bonchev–Trinajstić information content (AvgIpc) is 3.02. The number of amides is 1. The molecular weight excluding hydrogens is 390 g/mol. The molecule has 160 valence electrons. The summed E-state index contributed by atoms with van der Waals surface area (Å²) in [5.41, 5.74) is 4.97. The van der Waals surface area contributed by atoms with Gasteiger partial charge < -0.3 is 14.7 Å². The first kappa shape index (κ1) is 20.8. The minimum atomic E-state index is 0.118. The number of aromatic hydroxyl groups is 1. The van der Waals surface area contributed by atoms with Gasteiger partial charge in [0.05, 0.1) is 19.2 Å². The van der Waals surface area contributed by atoms with E-state index in [0.717, 1.165) is 46.1 Å². The third-order valence-corrected chi connectivity index (χ3v) is 5.71. The molecule has 2 aromatic carbocycles. The molecule has 2 heterocycles. The lowest BCUT2D eigenvalue weighted by atomic mass is 10.0. The van der Waals surface area contributed by atoms with Gasteiger partial charge in [-0.05, 0) is 48.4 Å². The van der Waals surface area contributed by atoms with E-state index >= 15 is 0 Å². The molecule has 0 saturated heterocycles. The average molecular weight is 418 g/mol. The number of carbonyl (C=O) groups is 1. The third kappa shape index (κ3) is 4.68. The maximum absolute atomic E-state index is 13.0. The van der Waals surface area contributed by atoms with Crippen molar-refractivity contribution in [3.63, 3.8) is 0 Å². The number of ether oxygens (including phenoxy) is 1. The van der Waals surface area contributed by atoms with Gasteiger partial charge in [-0.3, -0.25) is 4.79 Å². The van der Waals surface area contributed by atoms with Crippen LogP contribution in [0.3, 0.4) is 0 Å². The number of aryl methyl sites for hydroxylation is 1. The van der Waals surface area contributed by atoms with Crippen molar-refractivity contribution >= 4 is 5.91 Å². The lowest BCUT2D eigenvalue weighted by Crippen LogP contribution is -2.34. The van der Waals surface area contributed by atoms with Crippen LogP contribution in [0.15, 0.2) is 48.5 Å². The molecule has 0 bridgehead atoms. The number of rotatable bonds is 5. The fraction of sp³-hybridized carbons (Fsp3) is 0.320. The summed E-state index contributed by atoms with van der Waals surface area (Å²) in [7, 11) is 1.63. The first-order valence-electron chi connectivity index (χ1n) is 10.7. The quantitative estimate of drug-likeness (QED) is 0.687. The van der Waals surface area contributed by atoms with Crippen molar-refractivity contribution in [2.75, 3.05) is 20.2 Å². The van der Waals surface area contributed by atoms with Crippen LogP contribution in [0.5, 0.6) is 11.5 Å². The van der Waals surface area contributed by atoms with Crippen LogP contribution in [0, 0.1) is 0 Å². The maximum Gasteiger partial charge on any atom is 0.227 e. The van der Waals surface area contributed by atoms with Crippen LogP contribution in [0.2, 0.25) is 0 Å². The van der Waals surface area contributed by atoms with E-state index in [2.05, 4.69) is 0 Å². The molecular formula is C25H27N3O3. The van der Waals surface area contributed by atoms with E-state index in [-0.39, 0.29) is 11.7 Å². The lowest BCUT2D eigenvalue weighted by molar-refractivity contribution is -0.130. The van der Waals surface area contributed by atoms with E-state index in [1.165, 1.54) is 0 Å². The summed E-state index contributed by atoms with van der Waals surface area (Å²) in [6, 6.07) is 14.8. The fourth-order valence-electron chi connectivity index (χ4n) is 3.95. The normalized spacial score (nSPS) is 13.4. The zero-order valence-electron chi connectivity index (χ0n) is 18.0. The van der Waals surface area contributed by atoms with Crippen LogP contribution in [-0.2, 0) is 30.5 Å². The number of methoxy groups -OCH3 is 1. The molecule has 0 radical (unpaired) electrons. The lowest BCUT2D eigenvalue weighted by Gasteiger charge is -2.20. The van der Waals surface area contributed by atoms with Gasteiger partial charge in [-0.15, -0.1) is 0 Å². The summed E-state index contributed by atoms with van der Waals surface area (Å²) in [5, 5.41) is 9.65. The second-order valence-corrected chi connectivity index (χ2v) is 7.72. The number of phenolic OH excluding ortho intramolecular Hbond substituents is 1. The van der Waals surface area contributed by atoms with Gasteiger partial charge in [0.2, 0.25) is 5.91 Å². The monoisotopic (exact) mass is 417 g/mol. The Labute approximate surface area is 182 Å². The van der Waals surface area contributed by atoms with E-state index in [1.807, 2.05) is 48.2 Å². The second kappa shape index (κ2) is 9.16. The number of phenols is 1. The van der Waals surface area contributed by atoms with Crippen LogP contribution in [-0.4, -0.2) is 46.1 Å². The molecule has 1 aromatic heterocycles. The molecule has 1 aliphatic rings. The molecule has 3 aromatic rings. The largest absolute Gasteiger partial charge is 0.508 e. The van der Waals surface area contributed by atoms with Gasteiger partial charge in [-0.25, -0.2) is 9.97 Å². The molecule has 0 saturated carbocycles. The highest BCUT2D eigenvalue weighted by molar-refractivity contribution is 5.79. The summed E-state index contributed by atoms with van der Waals surface area (Å²) in [6.07, 6.45) is 2.55. The van der Waals surface area contributed by atoms with Crippen molar-refractivity contribution in [1.82, 2.24) is 14.9 Å². The summed E-state index contributed by atoms with van der Waals surface area (Å²) in [4.78, 5) is 24.5. The Morgan fingerprint density at radius 1 is 1.03 bits per heavy atom. The van der Waals surface area contributed by atoms with E-state index in [1.54, 1.807) is 19.2 Å². The molecule has 1 aliphatic heterocycles. The zero-order chi connectivity index (χ0) is 21.8. The van der Waals surface area contributed by atoms with Gasteiger partial charge in [-0.1, -0.05) is 19.1 Å². The predicted octanol–water partition coefficient (Wildman–Crippen LogP) is 3.59. The van der Waals surface area contributed by atoms with Crippen molar-refractivity contribution in [2.24, 2.45) is 0 Å². The van der Waals surface area contributed by atoms with Crippen LogP contribution in [0.25, 0.3) is 11.3 Å². The molecule has 1 N–H and O–H groups in total. The number of hydrogen-bond acceptors (Lipinski definition) is 5. The van der Waals surface area contributed by atoms with E-state index in [9.17, 15) is 9.90 Å². The maximum atomic E-state index is 13.0. The Bertz CT molecular complexity index is 1060. The zero-order valence-corrected chi connectivity index (χ0v) is 18.0. The molecule has 6 heteroatoms. The van der Waals surface area contributed by atoms with E-state index < -0.39 is 0 Å². The first-order valence-corrected chi connectivity index (χ1v) is 10.7. The number of carbonyl (C=O) groups excluding carboxylic acids is 1. The minimum Gasteiger partial charge on any atom is -0.508 e. The third-order valence-electron chi connectivity index (χ3n) is 5.71. The standard InChI is InChI=1S/C25H27N3O3/c1-3-23-26-22-13-15-28(24(30)16-17-4-10-20(31-2)11-5-17)14-12-21(22)25(27-23)18-6-8-19(29)9-7-18/h4-11,29H,3,12-16H2,1-2H3. The summed E-state index contributed by atoms with van der Waals surface area (Å²) in [6.45, 7) is 3.34. The van der Waals surface area contributed by atoms with Crippen LogP contribution in [0.1, 0.15) is 29.6 Å². The van der Waals surface area contributed by atoms with Crippen LogP contribution >= 0.6 is 0 Å². The van der Waals surface area contributed by atoms with Crippen LogP contribution in [0.4, 0.5) is 0 Å². The Kier molecular flexibility index (Phi) is 6.16. The molecule has 31 heavy (non-hydrogen) atoms. The molecule has 0 fully saturated rings. The van der Waals surface area contributed by atoms with E-state index in [4.69, 9.17) is 14.7 Å². The number of hydrogen-bond donors (Lipinski definition) is 1. The van der Waals surface area contributed by atoms with Gasteiger partial charge in [0.25, 0.3) is 0 Å². The number of benzene rings is 2. The molecule has 1 amide bonds. The van der Waals surface area contributed by atoms with Gasteiger partial charge in [0, 0.05) is 42.8 Å².